The van der Waals surface area contributed by atoms with E-state index < -0.39 is 0 Å². The maximum atomic E-state index is 3.75. The lowest BCUT2D eigenvalue weighted by molar-refractivity contribution is 0.0997. The van der Waals surface area contributed by atoms with E-state index in [9.17, 15) is 0 Å². The van der Waals surface area contributed by atoms with Gasteiger partial charge in [0.15, 0.2) is 0 Å². The van der Waals surface area contributed by atoms with E-state index in [-0.39, 0.29) is 0 Å². The van der Waals surface area contributed by atoms with E-state index in [0.717, 1.165) is 13.1 Å². The molecule has 1 heterocycles. The van der Waals surface area contributed by atoms with Gasteiger partial charge in [-0.15, -0.1) is 0 Å². The van der Waals surface area contributed by atoms with Gasteiger partial charge < -0.3 is 5.32 Å². The van der Waals surface area contributed by atoms with Crippen molar-refractivity contribution in [3.63, 3.8) is 0 Å². The van der Waals surface area contributed by atoms with Crippen LogP contribution in [0.15, 0.2) is 18.2 Å². The zero-order valence-corrected chi connectivity index (χ0v) is 14.4. The Hall–Kier alpha value is -0.860. The number of piperazine rings is 1. The van der Waals surface area contributed by atoms with Gasteiger partial charge in [-0.1, -0.05) is 56.5 Å². The topological polar surface area (TPSA) is 15.3 Å². The molecule has 0 amide bonds. The molecule has 1 N–H and O–H groups in total. The summed E-state index contributed by atoms with van der Waals surface area (Å²) in [5.41, 5.74) is 4.23. The summed E-state index contributed by atoms with van der Waals surface area (Å²) in [7, 11) is 0. The van der Waals surface area contributed by atoms with Crippen LogP contribution in [0.1, 0.15) is 50.3 Å². The van der Waals surface area contributed by atoms with Crippen molar-refractivity contribution in [2.45, 2.75) is 66.1 Å². The van der Waals surface area contributed by atoms with Crippen LogP contribution >= 0.6 is 0 Å². The predicted molar refractivity (Wildman–Crippen MR) is 91.7 cm³/mol. The molecule has 0 saturated carbocycles. The third-order valence-corrected chi connectivity index (χ3v) is 4.66. The smallest absolute Gasteiger partial charge is 0.0238 e. The minimum absolute atomic E-state index is 0.629. The third-order valence-electron chi connectivity index (χ3n) is 4.66. The molecule has 0 bridgehead atoms. The van der Waals surface area contributed by atoms with Crippen LogP contribution in [0.2, 0.25) is 0 Å². The number of rotatable bonds is 5. The molecule has 0 aliphatic carbocycles. The Bertz CT molecular complexity index is 433. The fourth-order valence-electron chi connectivity index (χ4n) is 3.54. The van der Waals surface area contributed by atoms with Gasteiger partial charge in [0.1, 0.15) is 0 Å². The van der Waals surface area contributed by atoms with Gasteiger partial charge in [-0.2, -0.15) is 0 Å². The second kappa shape index (κ2) is 7.42. The first kappa shape index (κ1) is 16.5. The summed E-state index contributed by atoms with van der Waals surface area (Å²) in [4.78, 5) is 2.71. The molecule has 0 aromatic heterocycles. The number of nitrogens with zero attached hydrogens (tertiary/aromatic N) is 1. The fraction of sp³-hybridized carbons (Fsp3) is 0.684. The Labute approximate surface area is 130 Å². The molecule has 21 heavy (non-hydrogen) atoms. The summed E-state index contributed by atoms with van der Waals surface area (Å²) >= 11 is 0. The van der Waals surface area contributed by atoms with E-state index in [4.69, 9.17) is 0 Å². The SMILES string of the molecule is CCCC1CNC(C(C)C)CN1Cc1cc(C)cc(C)c1. The molecule has 2 rings (SSSR count). The second-order valence-corrected chi connectivity index (χ2v) is 7.13. The average Bonchev–Trinajstić information content (AvgIpc) is 2.39. The van der Waals surface area contributed by atoms with Crippen LogP contribution in [0.4, 0.5) is 0 Å². The van der Waals surface area contributed by atoms with Gasteiger partial charge in [0.05, 0.1) is 0 Å². The standard InChI is InChI=1S/C19H32N2/c1-6-7-18-11-20-19(14(2)3)13-21(18)12-17-9-15(4)8-16(5)10-17/h8-10,14,18-20H,6-7,11-13H2,1-5H3. The predicted octanol–water partition coefficient (Wildman–Crippen LogP) is 3.90. The van der Waals surface area contributed by atoms with E-state index in [1.807, 2.05) is 0 Å². The van der Waals surface area contributed by atoms with Crippen LogP contribution in [0.5, 0.6) is 0 Å². The van der Waals surface area contributed by atoms with Crippen LogP contribution in [-0.4, -0.2) is 30.1 Å². The summed E-state index contributed by atoms with van der Waals surface area (Å²) in [6.07, 6.45) is 2.56. The van der Waals surface area contributed by atoms with Crippen molar-refractivity contribution in [1.29, 1.82) is 0 Å². The summed E-state index contributed by atoms with van der Waals surface area (Å²) in [5, 5.41) is 3.75. The molecule has 2 nitrogen and oxygen atoms in total. The molecule has 2 unspecified atom stereocenters. The van der Waals surface area contributed by atoms with Gasteiger partial charge in [-0.05, 0) is 31.7 Å². The highest BCUT2D eigenvalue weighted by Crippen LogP contribution is 2.20. The Balaban J connectivity index is 2.11. The zero-order valence-electron chi connectivity index (χ0n) is 14.4. The first-order valence-electron chi connectivity index (χ1n) is 8.54. The van der Waals surface area contributed by atoms with Crippen molar-refractivity contribution in [2.75, 3.05) is 13.1 Å². The van der Waals surface area contributed by atoms with Gasteiger partial charge in [-0.3, -0.25) is 4.90 Å². The molecule has 1 aliphatic rings. The molecule has 118 valence electrons. The van der Waals surface area contributed by atoms with E-state index in [1.54, 1.807) is 0 Å². The van der Waals surface area contributed by atoms with Gasteiger partial charge in [-0.25, -0.2) is 0 Å². The van der Waals surface area contributed by atoms with E-state index in [1.165, 1.54) is 36.1 Å². The second-order valence-electron chi connectivity index (χ2n) is 7.13. The first-order chi connectivity index (χ1) is 9.99. The molecule has 1 aromatic carbocycles. The number of hydrogen-bond acceptors (Lipinski definition) is 2. The summed E-state index contributed by atoms with van der Waals surface area (Å²) in [6.45, 7) is 14.8. The fourth-order valence-corrected chi connectivity index (χ4v) is 3.54. The summed E-state index contributed by atoms with van der Waals surface area (Å²) in [5.74, 6) is 0.703. The minimum atomic E-state index is 0.629. The maximum absolute atomic E-state index is 3.75. The maximum Gasteiger partial charge on any atom is 0.0238 e. The molecule has 2 atom stereocenters. The Morgan fingerprint density at radius 3 is 2.43 bits per heavy atom. The van der Waals surface area contributed by atoms with Crippen LogP contribution in [-0.2, 0) is 6.54 Å². The quantitative estimate of drug-likeness (QED) is 0.884. The Morgan fingerprint density at radius 2 is 1.86 bits per heavy atom. The Morgan fingerprint density at radius 1 is 1.19 bits per heavy atom. The van der Waals surface area contributed by atoms with Gasteiger partial charge in [0.2, 0.25) is 0 Å². The van der Waals surface area contributed by atoms with Gasteiger partial charge in [0.25, 0.3) is 0 Å². The van der Waals surface area contributed by atoms with Gasteiger partial charge in [0, 0.05) is 31.7 Å². The van der Waals surface area contributed by atoms with Crippen molar-refractivity contribution in [2.24, 2.45) is 5.92 Å². The van der Waals surface area contributed by atoms with E-state index >= 15 is 0 Å². The lowest BCUT2D eigenvalue weighted by Gasteiger charge is -2.42. The van der Waals surface area contributed by atoms with Crippen molar-refractivity contribution in [1.82, 2.24) is 10.2 Å². The van der Waals surface area contributed by atoms with E-state index in [0.29, 0.717) is 18.0 Å². The molecule has 1 aliphatic heterocycles. The number of benzene rings is 1. The highest BCUT2D eigenvalue weighted by molar-refractivity contribution is 5.28. The highest BCUT2D eigenvalue weighted by atomic mass is 15.2. The van der Waals surface area contributed by atoms with Crippen molar-refractivity contribution in [3.05, 3.63) is 34.9 Å². The normalized spacial score (nSPS) is 23.7. The molecule has 0 spiro atoms. The summed E-state index contributed by atoms with van der Waals surface area (Å²) in [6, 6.07) is 8.28. The lowest BCUT2D eigenvalue weighted by Crippen LogP contribution is -2.57. The molecule has 1 aromatic rings. The molecule has 0 radical (unpaired) electrons. The largest absolute Gasteiger partial charge is 0.311 e. The molecular weight excluding hydrogens is 256 g/mol. The molecule has 2 heteroatoms. The lowest BCUT2D eigenvalue weighted by atomic mass is 9.96. The Kier molecular flexibility index (Phi) is 5.83. The zero-order chi connectivity index (χ0) is 15.4. The van der Waals surface area contributed by atoms with Crippen LogP contribution in [0.3, 0.4) is 0 Å². The molecular formula is C19H32N2. The number of nitrogens with one attached hydrogen (secondary N) is 1. The average molecular weight is 288 g/mol. The first-order valence-corrected chi connectivity index (χ1v) is 8.54. The van der Waals surface area contributed by atoms with Crippen molar-refractivity contribution in [3.8, 4) is 0 Å². The van der Waals surface area contributed by atoms with Crippen LogP contribution in [0, 0.1) is 19.8 Å². The van der Waals surface area contributed by atoms with Gasteiger partial charge >= 0.3 is 0 Å². The minimum Gasteiger partial charge on any atom is -0.311 e. The summed E-state index contributed by atoms with van der Waals surface area (Å²) < 4.78 is 0. The molecule has 1 saturated heterocycles. The van der Waals surface area contributed by atoms with Crippen LogP contribution in [0.25, 0.3) is 0 Å². The molecule has 1 fully saturated rings. The highest BCUT2D eigenvalue weighted by Gasteiger charge is 2.28. The van der Waals surface area contributed by atoms with Crippen LogP contribution < -0.4 is 5.32 Å². The van der Waals surface area contributed by atoms with E-state index in [2.05, 4.69) is 63.0 Å². The van der Waals surface area contributed by atoms with Crippen molar-refractivity contribution < 1.29 is 0 Å². The monoisotopic (exact) mass is 288 g/mol. The van der Waals surface area contributed by atoms with Crippen molar-refractivity contribution >= 4 is 0 Å². The number of aryl methyl sites for hydroxylation is 2. The number of hydrogen-bond donors (Lipinski definition) is 1. The third kappa shape index (κ3) is 4.55.